The summed E-state index contributed by atoms with van der Waals surface area (Å²) in [7, 11) is 0. The lowest BCUT2D eigenvalue weighted by Crippen LogP contribution is -1.99. The summed E-state index contributed by atoms with van der Waals surface area (Å²) in [6.45, 7) is 1.96. The molecule has 0 aliphatic rings. The van der Waals surface area contributed by atoms with Gasteiger partial charge in [-0.3, -0.25) is 4.39 Å². The van der Waals surface area contributed by atoms with Crippen molar-refractivity contribution < 1.29 is 8.78 Å². The van der Waals surface area contributed by atoms with Gasteiger partial charge in [-0.2, -0.15) is 0 Å². The average Bonchev–Trinajstić information content (AvgIpc) is 2.42. The van der Waals surface area contributed by atoms with Crippen LogP contribution < -0.4 is 0 Å². The Morgan fingerprint density at radius 3 is 1.53 bits per heavy atom. The summed E-state index contributed by atoms with van der Waals surface area (Å²) in [5, 5.41) is 0. The van der Waals surface area contributed by atoms with Crippen molar-refractivity contribution in [3.8, 4) is 0 Å². The highest BCUT2D eigenvalue weighted by Gasteiger charge is 2.04. The summed E-state index contributed by atoms with van der Waals surface area (Å²) >= 11 is 0. The number of alkyl halides is 2. The fourth-order valence-electron chi connectivity index (χ4n) is 2.44. The van der Waals surface area contributed by atoms with Gasteiger partial charge < -0.3 is 0 Å². The van der Waals surface area contributed by atoms with Crippen LogP contribution in [0.4, 0.5) is 8.78 Å². The zero-order valence-electron chi connectivity index (χ0n) is 12.9. The molecule has 0 aliphatic carbocycles. The Hall–Kier alpha value is -0.140. The topological polar surface area (TPSA) is 0 Å². The van der Waals surface area contributed by atoms with Crippen molar-refractivity contribution in [2.24, 2.45) is 0 Å². The molecule has 0 aromatic carbocycles. The van der Waals surface area contributed by atoms with Crippen molar-refractivity contribution >= 4 is 0 Å². The van der Waals surface area contributed by atoms with Crippen LogP contribution in [0.15, 0.2) is 0 Å². The number of rotatable bonds is 15. The van der Waals surface area contributed by atoms with E-state index in [0.29, 0.717) is 0 Å². The maximum atomic E-state index is 13.3. The van der Waals surface area contributed by atoms with Crippen LogP contribution in [0.25, 0.3) is 0 Å². The number of unbranched alkanes of at least 4 members (excludes halogenated alkanes) is 10. The standard InChI is InChI=1S/C17H34F2/c1-2-3-14-17(19)15-12-10-8-6-4-5-7-9-11-13-16-18/h17H,2-16H2,1H3. The van der Waals surface area contributed by atoms with Crippen LogP contribution in [0.3, 0.4) is 0 Å². The smallest absolute Gasteiger partial charge is 0.100 e. The summed E-state index contributed by atoms with van der Waals surface area (Å²) in [6, 6.07) is 0. The van der Waals surface area contributed by atoms with E-state index >= 15 is 0 Å². The molecule has 0 N–H and O–H groups in total. The summed E-state index contributed by atoms with van der Waals surface area (Å²) < 4.78 is 25.2. The largest absolute Gasteiger partial charge is 0.251 e. The predicted molar refractivity (Wildman–Crippen MR) is 81.2 cm³/mol. The molecule has 19 heavy (non-hydrogen) atoms. The van der Waals surface area contributed by atoms with Crippen LogP contribution in [-0.2, 0) is 0 Å². The second-order valence-electron chi connectivity index (χ2n) is 5.75. The second-order valence-corrected chi connectivity index (χ2v) is 5.75. The molecule has 0 fully saturated rings. The van der Waals surface area contributed by atoms with E-state index in [1.54, 1.807) is 0 Å². The monoisotopic (exact) mass is 276 g/mol. The summed E-state index contributed by atoms with van der Waals surface area (Å²) in [4.78, 5) is 0. The molecule has 0 aliphatic heterocycles. The normalized spacial score (nSPS) is 12.8. The molecular weight excluding hydrogens is 242 g/mol. The molecule has 1 atom stereocenters. The van der Waals surface area contributed by atoms with Crippen LogP contribution in [0.2, 0.25) is 0 Å². The quantitative estimate of drug-likeness (QED) is 0.289. The molecule has 0 nitrogen and oxygen atoms in total. The van der Waals surface area contributed by atoms with Crippen LogP contribution in [0.5, 0.6) is 0 Å². The molecule has 0 heterocycles. The van der Waals surface area contributed by atoms with Gasteiger partial charge in [-0.05, 0) is 19.3 Å². The molecular formula is C17H34F2. The van der Waals surface area contributed by atoms with Gasteiger partial charge in [0.15, 0.2) is 0 Å². The van der Waals surface area contributed by atoms with Gasteiger partial charge in [-0.15, -0.1) is 0 Å². The zero-order chi connectivity index (χ0) is 14.2. The molecule has 0 aromatic rings. The lowest BCUT2D eigenvalue weighted by Gasteiger charge is -2.07. The third kappa shape index (κ3) is 15.8. The van der Waals surface area contributed by atoms with Crippen molar-refractivity contribution in [3.05, 3.63) is 0 Å². The van der Waals surface area contributed by atoms with E-state index in [-0.39, 0.29) is 6.67 Å². The van der Waals surface area contributed by atoms with Gasteiger partial charge >= 0.3 is 0 Å². The lowest BCUT2D eigenvalue weighted by molar-refractivity contribution is 0.281. The average molecular weight is 276 g/mol. The maximum absolute atomic E-state index is 13.3. The molecule has 0 spiro atoms. The van der Waals surface area contributed by atoms with E-state index in [4.69, 9.17) is 0 Å². The first-order valence-corrected chi connectivity index (χ1v) is 8.51. The van der Waals surface area contributed by atoms with Crippen molar-refractivity contribution in [1.82, 2.24) is 0 Å². The van der Waals surface area contributed by atoms with Gasteiger partial charge in [-0.1, -0.05) is 77.6 Å². The minimum Gasteiger partial charge on any atom is -0.251 e. The lowest BCUT2D eigenvalue weighted by atomic mass is 10.0. The molecule has 116 valence electrons. The van der Waals surface area contributed by atoms with E-state index in [1.807, 2.05) is 0 Å². The highest BCUT2D eigenvalue weighted by atomic mass is 19.1. The fraction of sp³-hybridized carbons (Fsp3) is 1.00. The first kappa shape index (κ1) is 18.9. The van der Waals surface area contributed by atoms with Gasteiger partial charge in [-0.25, -0.2) is 4.39 Å². The van der Waals surface area contributed by atoms with E-state index in [2.05, 4.69) is 6.92 Å². The minimum atomic E-state index is -0.560. The Morgan fingerprint density at radius 2 is 1.05 bits per heavy atom. The molecule has 0 amide bonds. The van der Waals surface area contributed by atoms with Crippen molar-refractivity contribution in [1.29, 1.82) is 0 Å². The number of halogens is 2. The van der Waals surface area contributed by atoms with Gasteiger partial charge in [0, 0.05) is 0 Å². The van der Waals surface area contributed by atoms with Gasteiger partial charge in [0.1, 0.15) is 6.17 Å². The summed E-state index contributed by atoms with van der Waals surface area (Å²) in [6.07, 6.45) is 14.7. The first-order valence-electron chi connectivity index (χ1n) is 8.51. The molecule has 0 aromatic heterocycles. The predicted octanol–water partition coefficient (Wildman–Crippen LogP) is 6.78. The Morgan fingerprint density at radius 1 is 0.632 bits per heavy atom. The second kappa shape index (κ2) is 15.9. The first-order chi connectivity index (χ1) is 9.31. The molecule has 2 heteroatoms. The molecule has 0 radical (unpaired) electrons. The van der Waals surface area contributed by atoms with Crippen molar-refractivity contribution in [2.45, 2.75) is 103 Å². The van der Waals surface area contributed by atoms with Crippen molar-refractivity contribution in [3.63, 3.8) is 0 Å². The Bertz CT molecular complexity index is 159. The van der Waals surface area contributed by atoms with Crippen LogP contribution >= 0.6 is 0 Å². The third-order valence-corrected chi connectivity index (χ3v) is 3.77. The van der Waals surface area contributed by atoms with E-state index in [1.165, 1.54) is 44.9 Å². The molecule has 0 saturated heterocycles. The third-order valence-electron chi connectivity index (χ3n) is 3.77. The zero-order valence-corrected chi connectivity index (χ0v) is 12.9. The van der Waals surface area contributed by atoms with E-state index < -0.39 is 6.17 Å². The van der Waals surface area contributed by atoms with Crippen LogP contribution in [-0.4, -0.2) is 12.8 Å². The Kier molecular flexibility index (Phi) is 15.8. The molecule has 0 saturated carbocycles. The minimum absolute atomic E-state index is 0.159. The van der Waals surface area contributed by atoms with E-state index in [9.17, 15) is 8.78 Å². The highest BCUT2D eigenvalue weighted by Crippen LogP contribution is 2.15. The molecule has 1 unspecified atom stereocenters. The number of hydrogen-bond acceptors (Lipinski definition) is 0. The fourth-order valence-corrected chi connectivity index (χ4v) is 2.44. The number of hydrogen-bond donors (Lipinski definition) is 0. The highest BCUT2D eigenvalue weighted by molar-refractivity contribution is 4.57. The van der Waals surface area contributed by atoms with Crippen LogP contribution in [0, 0.1) is 0 Å². The van der Waals surface area contributed by atoms with Gasteiger partial charge in [0.05, 0.1) is 6.67 Å². The molecule has 0 bridgehead atoms. The van der Waals surface area contributed by atoms with Crippen LogP contribution in [0.1, 0.15) is 96.8 Å². The van der Waals surface area contributed by atoms with Gasteiger partial charge in [0.25, 0.3) is 0 Å². The van der Waals surface area contributed by atoms with Gasteiger partial charge in [0.2, 0.25) is 0 Å². The Balaban J connectivity index is 3.02. The van der Waals surface area contributed by atoms with E-state index in [0.717, 1.165) is 44.9 Å². The summed E-state index contributed by atoms with van der Waals surface area (Å²) in [5.74, 6) is 0. The SMILES string of the molecule is CCCCC(F)CCCCCCCCCCCCF. The van der Waals surface area contributed by atoms with Crippen molar-refractivity contribution in [2.75, 3.05) is 6.67 Å². The Labute approximate surface area is 119 Å². The maximum Gasteiger partial charge on any atom is 0.100 e. The summed E-state index contributed by atoms with van der Waals surface area (Å²) in [5.41, 5.74) is 0. The molecule has 0 rings (SSSR count).